The maximum atomic E-state index is 12.4. The first-order valence-electron chi connectivity index (χ1n) is 8.19. The minimum absolute atomic E-state index is 0.154. The maximum Gasteiger partial charge on any atom is 0.226 e. The summed E-state index contributed by atoms with van der Waals surface area (Å²) in [4.78, 5) is 23.8. The molecule has 0 saturated carbocycles. The van der Waals surface area contributed by atoms with E-state index in [2.05, 4.69) is 10.6 Å². The van der Waals surface area contributed by atoms with E-state index in [1.807, 2.05) is 55.5 Å². The van der Waals surface area contributed by atoms with Crippen molar-refractivity contribution in [1.29, 1.82) is 0 Å². The number of anilines is 1. The molecular weight excluding hydrogens is 316 g/mol. The smallest absolute Gasteiger partial charge is 0.226 e. The Balaban J connectivity index is 2.03. The summed E-state index contributed by atoms with van der Waals surface area (Å²) in [6.45, 7) is 3.98. The summed E-state index contributed by atoms with van der Waals surface area (Å²) in [5, 5.41) is 5.71. The molecule has 0 aromatic heterocycles. The van der Waals surface area contributed by atoms with E-state index in [0.29, 0.717) is 6.61 Å². The van der Waals surface area contributed by atoms with Crippen molar-refractivity contribution in [2.75, 3.05) is 12.4 Å². The molecule has 0 aliphatic carbocycles. The van der Waals surface area contributed by atoms with Crippen LogP contribution < -0.4 is 10.6 Å². The minimum Gasteiger partial charge on any atom is -0.380 e. The molecule has 5 heteroatoms. The summed E-state index contributed by atoms with van der Waals surface area (Å²) in [7, 11) is 1.64. The topological polar surface area (TPSA) is 67.4 Å². The van der Waals surface area contributed by atoms with E-state index in [9.17, 15) is 9.59 Å². The van der Waals surface area contributed by atoms with Gasteiger partial charge in [-0.15, -0.1) is 0 Å². The van der Waals surface area contributed by atoms with Gasteiger partial charge in [0.1, 0.15) is 0 Å². The van der Waals surface area contributed by atoms with Gasteiger partial charge in [-0.2, -0.15) is 0 Å². The summed E-state index contributed by atoms with van der Waals surface area (Å²) >= 11 is 0. The lowest BCUT2D eigenvalue weighted by atomic mass is 10.0. The molecular formula is C20H24N2O3. The highest BCUT2D eigenvalue weighted by molar-refractivity contribution is 5.91. The highest BCUT2D eigenvalue weighted by Crippen LogP contribution is 2.19. The number of nitrogens with one attached hydrogen (secondary N) is 2. The Morgan fingerprint density at radius 3 is 2.24 bits per heavy atom. The van der Waals surface area contributed by atoms with Gasteiger partial charge in [-0.1, -0.05) is 42.0 Å². The number of hydrogen-bond acceptors (Lipinski definition) is 3. The molecule has 0 bridgehead atoms. The number of hydrogen-bond donors (Lipinski definition) is 2. The van der Waals surface area contributed by atoms with Gasteiger partial charge in [0.05, 0.1) is 19.1 Å². The molecule has 0 radical (unpaired) electrons. The van der Waals surface area contributed by atoms with E-state index in [0.717, 1.165) is 22.4 Å². The fourth-order valence-electron chi connectivity index (χ4n) is 2.54. The number of ether oxygens (including phenoxy) is 1. The van der Waals surface area contributed by atoms with Gasteiger partial charge in [0.15, 0.2) is 0 Å². The Kier molecular flexibility index (Phi) is 6.71. The third-order valence-electron chi connectivity index (χ3n) is 3.80. The first-order chi connectivity index (χ1) is 12.0. The molecule has 0 fully saturated rings. The monoisotopic (exact) mass is 340 g/mol. The molecule has 2 N–H and O–H groups in total. The third-order valence-corrected chi connectivity index (χ3v) is 3.80. The average Bonchev–Trinajstić information content (AvgIpc) is 2.56. The largest absolute Gasteiger partial charge is 0.380 e. The second-order valence-corrected chi connectivity index (χ2v) is 6.05. The lowest BCUT2D eigenvalue weighted by molar-refractivity contribution is -0.120. The van der Waals surface area contributed by atoms with Crippen LogP contribution in [0.1, 0.15) is 36.1 Å². The quantitative estimate of drug-likeness (QED) is 0.812. The molecule has 5 nitrogen and oxygen atoms in total. The number of aryl methyl sites for hydroxylation is 1. The number of amides is 2. The average molecular weight is 340 g/mol. The first-order valence-corrected chi connectivity index (χ1v) is 8.19. The highest BCUT2D eigenvalue weighted by Gasteiger charge is 2.17. The van der Waals surface area contributed by atoms with Gasteiger partial charge in [0, 0.05) is 19.7 Å². The van der Waals surface area contributed by atoms with Crippen LogP contribution in [0.15, 0.2) is 48.5 Å². The van der Waals surface area contributed by atoms with E-state index < -0.39 is 0 Å². The fraction of sp³-hybridized carbons (Fsp3) is 0.300. The molecule has 1 atom stereocenters. The molecule has 0 unspecified atom stereocenters. The van der Waals surface area contributed by atoms with Crippen molar-refractivity contribution in [2.45, 2.75) is 32.9 Å². The first kappa shape index (κ1) is 18.7. The van der Waals surface area contributed by atoms with Crippen LogP contribution in [0.3, 0.4) is 0 Å². The van der Waals surface area contributed by atoms with Crippen molar-refractivity contribution in [2.24, 2.45) is 0 Å². The third kappa shape index (κ3) is 6.04. The number of methoxy groups -OCH3 is 1. The van der Waals surface area contributed by atoms with E-state index in [4.69, 9.17) is 4.74 Å². The standard InChI is InChI=1S/C20H24N2O3/c1-14-4-8-17(9-5-14)19(21-15(2)23)12-20(24)22-18-10-6-16(7-11-18)13-25-3/h4-11,19H,12-13H2,1-3H3,(H,21,23)(H,22,24)/t19-/m0/s1. The second kappa shape index (κ2) is 8.99. The van der Waals surface area contributed by atoms with Crippen LogP contribution in [0.2, 0.25) is 0 Å². The molecule has 2 aromatic rings. The summed E-state index contributed by atoms with van der Waals surface area (Å²) < 4.78 is 5.07. The number of carbonyl (C=O) groups is 2. The molecule has 0 saturated heterocycles. The Morgan fingerprint density at radius 2 is 1.68 bits per heavy atom. The van der Waals surface area contributed by atoms with E-state index in [1.54, 1.807) is 7.11 Å². The van der Waals surface area contributed by atoms with E-state index in [1.165, 1.54) is 6.92 Å². The zero-order valence-electron chi connectivity index (χ0n) is 14.8. The van der Waals surface area contributed by atoms with Gasteiger partial charge in [0.2, 0.25) is 11.8 Å². The van der Waals surface area contributed by atoms with Crippen LogP contribution in [0, 0.1) is 6.92 Å². The minimum atomic E-state index is -0.356. The Hall–Kier alpha value is -2.66. The van der Waals surface area contributed by atoms with Crippen molar-refractivity contribution >= 4 is 17.5 Å². The summed E-state index contributed by atoms with van der Waals surface area (Å²) in [6.07, 6.45) is 0.169. The van der Waals surface area contributed by atoms with Crippen LogP contribution >= 0.6 is 0 Å². The normalized spacial score (nSPS) is 11.6. The van der Waals surface area contributed by atoms with Crippen LogP contribution in [-0.2, 0) is 20.9 Å². The molecule has 2 aromatic carbocycles. The summed E-state index contributed by atoms with van der Waals surface area (Å²) in [5.41, 5.74) is 3.80. The van der Waals surface area contributed by atoms with Crippen molar-refractivity contribution in [3.8, 4) is 0 Å². The van der Waals surface area contributed by atoms with Crippen molar-refractivity contribution in [3.05, 3.63) is 65.2 Å². The van der Waals surface area contributed by atoms with E-state index in [-0.39, 0.29) is 24.3 Å². The lowest BCUT2D eigenvalue weighted by Crippen LogP contribution is -2.29. The molecule has 0 aliphatic heterocycles. The van der Waals surface area contributed by atoms with Crippen molar-refractivity contribution < 1.29 is 14.3 Å². The molecule has 25 heavy (non-hydrogen) atoms. The SMILES string of the molecule is COCc1ccc(NC(=O)C[C@H](NC(C)=O)c2ccc(C)cc2)cc1. The van der Waals surface area contributed by atoms with Gasteiger partial charge in [-0.3, -0.25) is 9.59 Å². The lowest BCUT2D eigenvalue weighted by Gasteiger charge is -2.18. The molecule has 2 amide bonds. The van der Waals surface area contributed by atoms with Gasteiger partial charge in [-0.05, 0) is 30.2 Å². The van der Waals surface area contributed by atoms with Crippen LogP contribution in [0.5, 0.6) is 0 Å². The zero-order chi connectivity index (χ0) is 18.2. The highest BCUT2D eigenvalue weighted by atomic mass is 16.5. The van der Waals surface area contributed by atoms with Gasteiger partial charge in [-0.25, -0.2) is 0 Å². The maximum absolute atomic E-state index is 12.4. The molecule has 2 rings (SSSR count). The van der Waals surface area contributed by atoms with Crippen LogP contribution in [0.4, 0.5) is 5.69 Å². The number of benzene rings is 2. The van der Waals surface area contributed by atoms with Crippen molar-refractivity contribution in [1.82, 2.24) is 5.32 Å². The number of carbonyl (C=O) groups excluding carboxylic acids is 2. The second-order valence-electron chi connectivity index (χ2n) is 6.05. The fourth-order valence-corrected chi connectivity index (χ4v) is 2.54. The Labute approximate surface area is 148 Å². The van der Waals surface area contributed by atoms with Gasteiger partial charge < -0.3 is 15.4 Å². The Morgan fingerprint density at radius 1 is 1.04 bits per heavy atom. The van der Waals surface area contributed by atoms with Gasteiger partial charge in [0.25, 0.3) is 0 Å². The number of rotatable bonds is 7. The van der Waals surface area contributed by atoms with Crippen LogP contribution in [-0.4, -0.2) is 18.9 Å². The van der Waals surface area contributed by atoms with Crippen molar-refractivity contribution in [3.63, 3.8) is 0 Å². The predicted octanol–water partition coefficient (Wildman–Crippen LogP) is 3.35. The Bertz CT molecular complexity index is 709. The van der Waals surface area contributed by atoms with E-state index >= 15 is 0 Å². The molecule has 0 spiro atoms. The summed E-state index contributed by atoms with van der Waals surface area (Å²) in [6, 6.07) is 14.9. The molecule has 0 aliphatic rings. The predicted molar refractivity (Wildman–Crippen MR) is 98.1 cm³/mol. The molecule has 0 heterocycles. The zero-order valence-corrected chi connectivity index (χ0v) is 14.8. The molecule has 132 valence electrons. The van der Waals surface area contributed by atoms with Gasteiger partial charge >= 0.3 is 0 Å². The summed E-state index contributed by atoms with van der Waals surface area (Å²) in [5.74, 6) is -0.318. The van der Waals surface area contributed by atoms with Crippen LogP contribution in [0.25, 0.3) is 0 Å².